The minimum absolute atomic E-state index is 0.177. The second kappa shape index (κ2) is 8.86. The first-order valence-electron chi connectivity index (χ1n) is 7.55. The van der Waals surface area contributed by atoms with Gasteiger partial charge in [0.25, 0.3) is 0 Å². The molecule has 0 aromatic heterocycles. The number of nitrogens with one attached hydrogen (secondary N) is 1. The molecule has 2 rings (SSSR count). The number of methoxy groups -OCH3 is 1. The van der Waals surface area contributed by atoms with Crippen molar-refractivity contribution in [1.29, 1.82) is 0 Å². The first-order chi connectivity index (χ1) is 10.7. The van der Waals surface area contributed by atoms with Gasteiger partial charge in [0.1, 0.15) is 5.75 Å². The quantitative estimate of drug-likeness (QED) is 0.783. The van der Waals surface area contributed by atoms with Crippen molar-refractivity contribution in [2.24, 2.45) is 0 Å². The SMILES string of the molecule is C=CCN(Cc1ccc(OC)cc1)C(=O)CC1CSCCN1. The Bertz CT molecular complexity index is 484. The van der Waals surface area contributed by atoms with Crippen LogP contribution in [-0.4, -0.2) is 48.6 Å². The summed E-state index contributed by atoms with van der Waals surface area (Å²) in [6.45, 7) is 5.93. The zero-order chi connectivity index (χ0) is 15.8. The van der Waals surface area contributed by atoms with Crippen LogP contribution >= 0.6 is 11.8 Å². The Hall–Kier alpha value is -1.46. The zero-order valence-electron chi connectivity index (χ0n) is 13.1. The molecular formula is C17H24N2O2S. The van der Waals surface area contributed by atoms with Gasteiger partial charge in [0.15, 0.2) is 0 Å². The summed E-state index contributed by atoms with van der Waals surface area (Å²) in [7, 11) is 1.65. The molecule has 0 bridgehead atoms. The molecule has 0 aliphatic carbocycles. The van der Waals surface area contributed by atoms with Crippen molar-refractivity contribution in [2.45, 2.75) is 19.0 Å². The summed E-state index contributed by atoms with van der Waals surface area (Å²) < 4.78 is 5.16. The molecule has 1 heterocycles. The van der Waals surface area contributed by atoms with E-state index in [2.05, 4.69) is 11.9 Å². The Balaban J connectivity index is 1.94. The maximum Gasteiger partial charge on any atom is 0.224 e. The van der Waals surface area contributed by atoms with Crippen molar-refractivity contribution >= 4 is 17.7 Å². The first kappa shape index (κ1) is 16.9. The summed E-state index contributed by atoms with van der Waals surface area (Å²) in [6, 6.07) is 8.12. The Morgan fingerprint density at radius 1 is 1.50 bits per heavy atom. The van der Waals surface area contributed by atoms with Crippen LogP contribution in [0, 0.1) is 0 Å². The molecule has 1 amide bonds. The van der Waals surface area contributed by atoms with Crippen LogP contribution in [0.4, 0.5) is 0 Å². The molecule has 1 fully saturated rings. The van der Waals surface area contributed by atoms with E-state index in [0.29, 0.717) is 19.5 Å². The van der Waals surface area contributed by atoms with Crippen molar-refractivity contribution in [3.8, 4) is 5.75 Å². The van der Waals surface area contributed by atoms with Gasteiger partial charge in [0.2, 0.25) is 5.91 Å². The number of thioether (sulfide) groups is 1. The van der Waals surface area contributed by atoms with Crippen molar-refractivity contribution < 1.29 is 9.53 Å². The Morgan fingerprint density at radius 3 is 2.86 bits per heavy atom. The third-order valence-electron chi connectivity index (χ3n) is 3.65. The molecule has 1 unspecified atom stereocenters. The maximum atomic E-state index is 12.5. The van der Waals surface area contributed by atoms with Crippen LogP contribution in [0.15, 0.2) is 36.9 Å². The molecule has 120 valence electrons. The van der Waals surface area contributed by atoms with Gasteiger partial charge in [-0.1, -0.05) is 18.2 Å². The van der Waals surface area contributed by atoms with Crippen LogP contribution in [0.1, 0.15) is 12.0 Å². The lowest BCUT2D eigenvalue weighted by Crippen LogP contribution is -2.42. The van der Waals surface area contributed by atoms with E-state index in [9.17, 15) is 4.79 Å². The monoisotopic (exact) mass is 320 g/mol. The molecule has 0 saturated carbocycles. The van der Waals surface area contributed by atoms with E-state index in [-0.39, 0.29) is 11.9 Å². The van der Waals surface area contributed by atoms with E-state index in [1.165, 1.54) is 0 Å². The maximum absolute atomic E-state index is 12.5. The van der Waals surface area contributed by atoms with Gasteiger partial charge < -0.3 is 15.0 Å². The Kier molecular flexibility index (Phi) is 6.80. The van der Waals surface area contributed by atoms with Crippen molar-refractivity contribution in [3.63, 3.8) is 0 Å². The smallest absolute Gasteiger partial charge is 0.224 e. The van der Waals surface area contributed by atoms with E-state index in [0.717, 1.165) is 29.4 Å². The van der Waals surface area contributed by atoms with E-state index < -0.39 is 0 Å². The van der Waals surface area contributed by atoms with Crippen molar-refractivity contribution in [1.82, 2.24) is 10.2 Å². The number of carbonyl (C=O) groups is 1. The average molecular weight is 320 g/mol. The van der Waals surface area contributed by atoms with Gasteiger partial charge in [-0.15, -0.1) is 6.58 Å². The third kappa shape index (κ3) is 5.07. The predicted molar refractivity (Wildman–Crippen MR) is 92.3 cm³/mol. The average Bonchev–Trinajstić information content (AvgIpc) is 2.56. The summed E-state index contributed by atoms with van der Waals surface area (Å²) in [5, 5.41) is 3.42. The van der Waals surface area contributed by atoms with Crippen LogP contribution < -0.4 is 10.1 Å². The van der Waals surface area contributed by atoms with E-state index >= 15 is 0 Å². The molecule has 1 N–H and O–H groups in total. The van der Waals surface area contributed by atoms with Gasteiger partial charge in [0, 0.05) is 43.6 Å². The number of carbonyl (C=O) groups excluding carboxylic acids is 1. The summed E-state index contributed by atoms with van der Waals surface area (Å²) in [6.07, 6.45) is 2.33. The highest BCUT2D eigenvalue weighted by atomic mass is 32.2. The molecule has 1 aromatic carbocycles. The molecular weight excluding hydrogens is 296 g/mol. The number of benzene rings is 1. The number of ether oxygens (including phenoxy) is 1. The highest BCUT2D eigenvalue weighted by Crippen LogP contribution is 2.15. The number of amides is 1. The van der Waals surface area contributed by atoms with Crippen LogP contribution in [0.3, 0.4) is 0 Å². The van der Waals surface area contributed by atoms with E-state index in [4.69, 9.17) is 4.74 Å². The highest BCUT2D eigenvalue weighted by molar-refractivity contribution is 7.99. The summed E-state index contributed by atoms with van der Waals surface area (Å²) >= 11 is 1.91. The van der Waals surface area contributed by atoms with Gasteiger partial charge in [-0.2, -0.15) is 11.8 Å². The van der Waals surface area contributed by atoms with Crippen LogP contribution in [0.25, 0.3) is 0 Å². The highest BCUT2D eigenvalue weighted by Gasteiger charge is 2.20. The number of rotatable bonds is 7. The normalized spacial score (nSPS) is 17.8. The number of hydrogen-bond acceptors (Lipinski definition) is 4. The van der Waals surface area contributed by atoms with Crippen molar-refractivity contribution in [3.05, 3.63) is 42.5 Å². The minimum Gasteiger partial charge on any atom is -0.497 e. The van der Waals surface area contributed by atoms with Crippen LogP contribution in [0.5, 0.6) is 5.75 Å². The van der Waals surface area contributed by atoms with Gasteiger partial charge in [-0.25, -0.2) is 0 Å². The Labute approximate surface area is 136 Å². The van der Waals surface area contributed by atoms with Gasteiger partial charge >= 0.3 is 0 Å². The summed E-state index contributed by atoms with van der Waals surface area (Å²) in [5.74, 6) is 3.15. The molecule has 1 aromatic rings. The summed E-state index contributed by atoms with van der Waals surface area (Å²) in [5.41, 5.74) is 1.10. The second-order valence-corrected chi connectivity index (χ2v) is 6.49. The topological polar surface area (TPSA) is 41.6 Å². The van der Waals surface area contributed by atoms with Crippen LogP contribution in [0.2, 0.25) is 0 Å². The van der Waals surface area contributed by atoms with Gasteiger partial charge in [-0.3, -0.25) is 4.79 Å². The molecule has 5 heteroatoms. The lowest BCUT2D eigenvalue weighted by Gasteiger charge is -2.27. The molecule has 1 atom stereocenters. The molecule has 0 spiro atoms. The fourth-order valence-electron chi connectivity index (χ4n) is 2.45. The Morgan fingerprint density at radius 2 is 2.27 bits per heavy atom. The molecule has 0 radical (unpaired) electrons. The minimum atomic E-state index is 0.177. The zero-order valence-corrected chi connectivity index (χ0v) is 13.9. The summed E-state index contributed by atoms with van der Waals surface area (Å²) in [4.78, 5) is 14.4. The van der Waals surface area contributed by atoms with Crippen molar-refractivity contribution in [2.75, 3.05) is 31.7 Å². The molecule has 1 saturated heterocycles. The number of hydrogen-bond donors (Lipinski definition) is 1. The van der Waals surface area contributed by atoms with Gasteiger partial charge in [0.05, 0.1) is 7.11 Å². The fraction of sp³-hybridized carbons (Fsp3) is 0.471. The lowest BCUT2D eigenvalue weighted by atomic mass is 10.1. The lowest BCUT2D eigenvalue weighted by molar-refractivity contribution is -0.131. The first-order valence-corrected chi connectivity index (χ1v) is 8.71. The predicted octanol–water partition coefficient (Wildman–Crippen LogP) is 2.30. The molecule has 1 aliphatic rings. The molecule has 22 heavy (non-hydrogen) atoms. The second-order valence-electron chi connectivity index (χ2n) is 5.34. The van der Waals surface area contributed by atoms with Gasteiger partial charge in [-0.05, 0) is 17.7 Å². The molecule has 1 aliphatic heterocycles. The fourth-order valence-corrected chi connectivity index (χ4v) is 3.40. The standard InChI is InChI=1S/C17H24N2O2S/c1-3-9-19(12-14-4-6-16(21-2)7-5-14)17(20)11-15-13-22-10-8-18-15/h3-7,15,18H,1,8-13H2,2H3. The molecule has 4 nitrogen and oxygen atoms in total. The third-order valence-corrected chi connectivity index (χ3v) is 4.79. The van der Waals surface area contributed by atoms with E-state index in [1.54, 1.807) is 13.2 Å². The van der Waals surface area contributed by atoms with E-state index in [1.807, 2.05) is 40.9 Å². The van der Waals surface area contributed by atoms with Crippen LogP contribution in [-0.2, 0) is 11.3 Å². The number of nitrogens with zero attached hydrogens (tertiary/aromatic N) is 1. The largest absolute Gasteiger partial charge is 0.497 e.